The third-order valence-electron chi connectivity index (χ3n) is 3.81. The number of nitrogens with two attached hydrogens (primary N) is 1. The van der Waals surface area contributed by atoms with Gasteiger partial charge in [-0.05, 0) is 59.0 Å². The second kappa shape index (κ2) is 6.24. The number of benzene rings is 2. The Labute approximate surface area is 152 Å². The minimum atomic E-state index is -0.133. The van der Waals surface area contributed by atoms with Gasteiger partial charge in [-0.2, -0.15) is 5.26 Å². The van der Waals surface area contributed by atoms with Crippen LogP contribution in [0, 0.1) is 14.9 Å². The van der Waals surface area contributed by atoms with E-state index >= 15 is 0 Å². The highest BCUT2D eigenvalue weighted by Crippen LogP contribution is 2.25. The SMILES string of the molecule is CC(C)c1nc2c(I)c(N)ccc2c(=O)n1-c1ccc(C#N)cc1. The maximum Gasteiger partial charge on any atom is 0.266 e. The van der Waals surface area contributed by atoms with Crippen molar-refractivity contribution in [3.05, 3.63) is 61.7 Å². The number of halogens is 1. The third-order valence-corrected chi connectivity index (χ3v) is 4.94. The Kier molecular flexibility index (Phi) is 4.28. The van der Waals surface area contributed by atoms with E-state index in [1.54, 1.807) is 41.0 Å². The summed E-state index contributed by atoms with van der Waals surface area (Å²) in [4.78, 5) is 17.8. The lowest BCUT2D eigenvalue weighted by atomic mass is 10.1. The van der Waals surface area contributed by atoms with Crippen molar-refractivity contribution in [2.75, 3.05) is 5.73 Å². The van der Waals surface area contributed by atoms with Gasteiger partial charge in [-0.15, -0.1) is 0 Å². The van der Waals surface area contributed by atoms with Crippen molar-refractivity contribution in [1.82, 2.24) is 9.55 Å². The van der Waals surface area contributed by atoms with Crippen LogP contribution in [-0.2, 0) is 0 Å². The lowest BCUT2D eigenvalue weighted by molar-refractivity contribution is 0.722. The number of hydrogen-bond acceptors (Lipinski definition) is 4. The van der Waals surface area contributed by atoms with Crippen LogP contribution in [0.15, 0.2) is 41.2 Å². The number of anilines is 1. The minimum absolute atomic E-state index is 0.0509. The number of fused-ring (bicyclic) bond motifs is 1. The highest BCUT2D eigenvalue weighted by molar-refractivity contribution is 14.1. The molecule has 0 spiro atoms. The summed E-state index contributed by atoms with van der Waals surface area (Å²) in [6.45, 7) is 3.99. The molecule has 0 radical (unpaired) electrons. The second-order valence-electron chi connectivity index (χ2n) is 5.79. The molecule has 0 aliphatic rings. The third kappa shape index (κ3) is 2.65. The van der Waals surface area contributed by atoms with E-state index in [9.17, 15) is 4.79 Å². The van der Waals surface area contributed by atoms with E-state index in [1.807, 2.05) is 13.8 Å². The molecule has 5 nitrogen and oxygen atoms in total. The summed E-state index contributed by atoms with van der Waals surface area (Å²) < 4.78 is 2.40. The Bertz CT molecular complexity index is 1030. The second-order valence-corrected chi connectivity index (χ2v) is 6.87. The molecule has 24 heavy (non-hydrogen) atoms. The summed E-state index contributed by atoms with van der Waals surface area (Å²) in [7, 11) is 0. The van der Waals surface area contributed by atoms with Crippen LogP contribution in [0.25, 0.3) is 16.6 Å². The molecular formula is C18H15IN4O. The van der Waals surface area contributed by atoms with Crippen molar-refractivity contribution in [3.63, 3.8) is 0 Å². The minimum Gasteiger partial charge on any atom is -0.398 e. The van der Waals surface area contributed by atoms with Crippen LogP contribution in [0.1, 0.15) is 31.2 Å². The molecule has 2 N–H and O–H groups in total. The first-order valence-corrected chi connectivity index (χ1v) is 8.53. The Balaban J connectivity index is 2.40. The molecule has 1 heterocycles. The van der Waals surface area contributed by atoms with Crippen molar-refractivity contribution in [3.8, 4) is 11.8 Å². The zero-order valence-electron chi connectivity index (χ0n) is 13.2. The molecule has 0 saturated heterocycles. The Morgan fingerprint density at radius 3 is 2.46 bits per heavy atom. The topological polar surface area (TPSA) is 84.7 Å². The van der Waals surface area contributed by atoms with Crippen LogP contribution in [-0.4, -0.2) is 9.55 Å². The number of nitrogen functional groups attached to an aromatic ring is 1. The molecule has 3 aromatic rings. The monoisotopic (exact) mass is 430 g/mol. The number of hydrogen-bond donors (Lipinski definition) is 1. The Hall–Kier alpha value is -2.40. The van der Waals surface area contributed by atoms with Crippen molar-refractivity contribution >= 4 is 39.2 Å². The average molecular weight is 430 g/mol. The summed E-state index contributed by atoms with van der Waals surface area (Å²) in [6, 6.07) is 12.5. The van der Waals surface area contributed by atoms with Gasteiger partial charge in [-0.3, -0.25) is 9.36 Å². The van der Waals surface area contributed by atoms with Gasteiger partial charge in [0.1, 0.15) is 5.82 Å². The molecule has 2 aromatic carbocycles. The first-order chi connectivity index (χ1) is 11.4. The average Bonchev–Trinajstić information content (AvgIpc) is 2.58. The molecule has 0 bridgehead atoms. The Morgan fingerprint density at radius 1 is 1.21 bits per heavy atom. The van der Waals surface area contributed by atoms with Crippen molar-refractivity contribution in [2.24, 2.45) is 0 Å². The van der Waals surface area contributed by atoms with E-state index in [1.165, 1.54) is 0 Å². The van der Waals surface area contributed by atoms with Gasteiger partial charge in [0.05, 0.1) is 31.8 Å². The zero-order valence-corrected chi connectivity index (χ0v) is 15.4. The van der Waals surface area contributed by atoms with E-state index in [4.69, 9.17) is 16.0 Å². The van der Waals surface area contributed by atoms with Gasteiger partial charge < -0.3 is 5.73 Å². The first-order valence-electron chi connectivity index (χ1n) is 7.45. The Morgan fingerprint density at radius 2 is 1.88 bits per heavy atom. The van der Waals surface area contributed by atoms with Gasteiger partial charge in [0.25, 0.3) is 5.56 Å². The van der Waals surface area contributed by atoms with E-state index in [2.05, 4.69) is 28.7 Å². The van der Waals surface area contributed by atoms with Crippen molar-refractivity contribution in [1.29, 1.82) is 5.26 Å². The standard InChI is InChI=1S/C18H15IN4O/c1-10(2)17-22-16-13(7-8-14(21)15(16)19)18(24)23(17)12-5-3-11(9-20)4-6-12/h3-8,10H,21H2,1-2H3. The summed E-state index contributed by atoms with van der Waals surface area (Å²) in [6.07, 6.45) is 0. The smallest absolute Gasteiger partial charge is 0.266 e. The molecule has 0 unspecified atom stereocenters. The maximum atomic E-state index is 13.1. The highest BCUT2D eigenvalue weighted by Gasteiger charge is 2.17. The number of nitrogens with zero attached hydrogens (tertiary/aromatic N) is 3. The van der Waals surface area contributed by atoms with E-state index < -0.39 is 0 Å². The molecule has 0 aliphatic heterocycles. The summed E-state index contributed by atoms with van der Waals surface area (Å²) >= 11 is 2.12. The number of rotatable bonds is 2. The fourth-order valence-electron chi connectivity index (χ4n) is 2.57. The lowest BCUT2D eigenvalue weighted by Gasteiger charge is -2.17. The van der Waals surface area contributed by atoms with Gasteiger partial charge in [-0.1, -0.05) is 13.8 Å². The van der Waals surface area contributed by atoms with E-state index in [0.29, 0.717) is 33.7 Å². The molecule has 0 saturated carbocycles. The van der Waals surface area contributed by atoms with Crippen LogP contribution in [0.3, 0.4) is 0 Å². The molecule has 0 fully saturated rings. The quantitative estimate of drug-likeness (QED) is 0.498. The van der Waals surface area contributed by atoms with Crippen molar-refractivity contribution in [2.45, 2.75) is 19.8 Å². The van der Waals surface area contributed by atoms with Crippen LogP contribution in [0.5, 0.6) is 0 Å². The molecule has 120 valence electrons. The van der Waals surface area contributed by atoms with Gasteiger partial charge in [-0.25, -0.2) is 4.98 Å². The number of aromatic nitrogens is 2. The summed E-state index contributed by atoms with van der Waals surface area (Å²) in [5.41, 5.74) is 8.32. The fraction of sp³-hybridized carbons (Fsp3) is 0.167. The maximum absolute atomic E-state index is 13.1. The molecule has 1 aromatic heterocycles. The highest BCUT2D eigenvalue weighted by atomic mass is 127. The van der Waals surface area contributed by atoms with E-state index in [-0.39, 0.29) is 11.5 Å². The van der Waals surface area contributed by atoms with Gasteiger partial charge in [0.2, 0.25) is 0 Å². The first kappa shape index (κ1) is 16.5. The molecule has 0 amide bonds. The molecular weight excluding hydrogens is 415 g/mol. The predicted octanol–water partition coefficient (Wildman–Crippen LogP) is 3.57. The van der Waals surface area contributed by atoms with Crippen LogP contribution in [0.2, 0.25) is 0 Å². The fourth-order valence-corrected chi connectivity index (χ4v) is 3.16. The lowest BCUT2D eigenvalue weighted by Crippen LogP contribution is -2.25. The predicted molar refractivity (Wildman–Crippen MR) is 103 cm³/mol. The van der Waals surface area contributed by atoms with Crippen LogP contribution in [0.4, 0.5) is 5.69 Å². The zero-order chi connectivity index (χ0) is 17.4. The largest absolute Gasteiger partial charge is 0.398 e. The molecule has 0 aliphatic carbocycles. The van der Waals surface area contributed by atoms with Crippen LogP contribution >= 0.6 is 22.6 Å². The number of nitriles is 1. The molecule has 6 heteroatoms. The van der Waals surface area contributed by atoms with E-state index in [0.717, 1.165) is 3.57 Å². The molecule has 3 rings (SSSR count). The van der Waals surface area contributed by atoms with Gasteiger partial charge in [0.15, 0.2) is 0 Å². The molecule has 0 atom stereocenters. The summed E-state index contributed by atoms with van der Waals surface area (Å²) in [5, 5.41) is 9.48. The van der Waals surface area contributed by atoms with Gasteiger partial charge >= 0.3 is 0 Å². The van der Waals surface area contributed by atoms with Crippen molar-refractivity contribution < 1.29 is 0 Å². The normalized spacial score (nSPS) is 11.0. The summed E-state index contributed by atoms with van der Waals surface area (Å²) in [5.74, 6) is 0.718. The van der Waals surface area contributed by atoms with Gasteiger partial charge in [0, 0.05) is 11.6 Å². The van der Waals surface area contributed by atoms with Crippen LogP contribution < -0.4 is 11.3 Å².